The largest absolute Gasteiger partial charge is 0.478 e. The van der Waals surface area contributed by atoms with Gasteiger partial charge in [0.2, 0.25) is 0 Å². The van der Waals surface area contributed by atoms with E-state index in [4.69, 9.17) is 45.6 Å². The number of nitrogens with zero attached hydrogens (tertiary/aromatic N) is 2. The zero-order chi connectivity index (χ0) is 17.9. The number of nitrogens with two attached hydrogens (primary N) is 1. The predicted octanol–water partition coefficient (Wildman–Crippen LogP) is 3.09. The molecule has 7 nitrogen and oxygen atoms in total. The first-order valence-corrected chi connectivity index (χ1v) is 7.42. The van der Waals surface area contributed by atoms with E-state index >= 15 is 0 Å². The molecule has 0 unspecified atom stereocenters. The first kappa shape index (κ1) is 18.0. The Morgan fingerprint density at radius 2 is 1.88 bits per heavy atom. The van der Waals surface area contributed by atoms with Gasteiger partial charge >= 0.3 is 5.97 Å². The van der Waals surface area contributed by atoms with Gasteiger partial charge < -0.3 is 10.8 Å². The second-order valence-electron chi connectivity index (χ2n) is 4.38. The molecular weight excluding hydrogens is 379 g/mol. The highest BCUT2D eigenvalue weighted by Crippen LogP contribution is 2.34. The average molecular weight is 388 g/mol. The highest BCUT2D eigenvalue weighted by Gasteiger charge is 2.19. The SMILES string of the molecule is Nc1c(Cl)c(Cl)nc(C(=O)NN=Cc2ccccc2C(=O)O)c1Cl. The van der Waals surface area contributed by atoms with E-state index in [-0.39, 0.29) is 32.1 Å². The second-order valence-corrected chi connectivity index (χ2v) is 5.50. The Labute approximate surface area is 151 Å². The predicted molar refractivity (Wildman–Crippen MR) is 92.1 cm³/mol. The van der Waals surface area contributed by atoms with Crippen molar-refractivity contribution in [3.63, 3.8) is 0 Å². The number of benzene rings is 1. The Bertz CT molecular complexity index is 855. The summed E-state index contributed by atoms with van der Waals surface area (Å²) < 4.78 is 0. The minimum Gasteiger partial charge on any atom is -0.478 e. The van der Waals surface area contributed by atoms with Crippen molar-refractivity contribution in [1.82, 2.24) is 10.4 Å². The van der Waals surface area contributed by atoms with Crippen molar-refractivity contribution in [3.05, 3.63) is 56.3 Å². The summed E-state index contributed by atoms with van der Waals surface area (Å²) in [6.45, 7) is 0. The maximum Gasteiger partial charge on any atom is 0.336 e. The van der Waals surface area contributed by atoms with Crippen LogP contribution in [0.5, 0.6) is 0 Å². The van der Waals surface area contributed by atoms with Crippen LogP contribution in [0.3, 0.4) is 0 Å². The van der Waals surface area contributed by atoms with Gasteiger partial charge in [-0.05, 0) is 6.07 Å². The Balaban J connectivity index is 2.22. The molecule has 0 fully saturated rings. The molecule has 1 aromatic heterocycles. The smallest absolute Gasteiger partial charge is 0.336 e. The quantitative estimate of drug-likeness (QED) is 0.423. The molecule has 0 aliphatic heterocycles. The van der Waals surface area contributed by atoms with Crippen LogP contribution in [0, 0.1) is 0 Å². The lowest BCUT2D eigenvalue weighted by atomic mass is 10.1. The first-order valence-electron chi connectivity index (χ1n) is 6.28. The number of hydrogen-bond acceptors (Lipinski definition) is 5. The van der Waals surface area contributed by atoms with Crippen LogP contribution in [0.25, 0.3) is 0 Å². The highest BCUT2D eigenvalue weighted by atomic mass is 35.5. The van der Waals surface area contributed by atoms with Crippen molar-refractivity contribution in [3.8, 4) is 0 Å². The number of anilines is 1. The molecule has 24 heavy (non-hydrogen) atoms. The molecule has 2 aromatic rings. The number of hydrogen-bond donors (Lipinski definition) is 3. The fourth-order valence-corrected chi connectivity index (χ4v) is 2.29. The molecule has 0 spiro atoms. The van der Waals surface area contributed by atoms with E-state index in [1.165, 1.54) is 18.3 Å². The molecule has 0 atom stereocenters. The topological polar surface area (TPSA) is 118 Å². The standard InChI is InChI=1S/C14H9Cl3N4O3/c15-8-10(18)9(16)12(17)20-11(8)13(22)21-19-5-6-3-1-2-4-7(6)14(23)24/h1-5H,(H2,18,20)(H,21,22)(H,23,24). The molecule has 0 saturated heterocycles. The van der Waals surface area contributed by atoms with Gasteiger partial charge in [0.25, 0.3) is 5.91 Å². The first-order chi connectivity index (χ1) is 11.3. The van der Waals surface area contributed by atoms with Gasteiger partial charge in [-0.25, -0.2) is 15.2 Å². The molecule has 0 bridgehead atoms. The van der Waals surface area contributed by atoms with Crippen LogP contribution in [-0.4, -0.2) is 28.2 Å². The Hall–Kier alpha value is -2.35. The van der Waals surface area contributed by atoms with Crippen LogP contribution >= 0.6 is 34.8 Å². The number of hydrazone groups is 1. The maximum atomic E-state index is 12.0. The molecule has 10 heteroatoms. The van der Waals surface area contributed by atoms with E-state index in [9.17, 15) is 9.59 Å². The summed E-state index contributed by atoms with van der Waals surface area (Å²) in [5.41, 5.74) is 7.78. The molecule has 1 heterocycles. The van der Waals surface area contributed by atoms with Gasteiger partial charge in [0, 0.05) is 5.56 Å². The Morgan fingerprint density at radius 1 is 1.21 bits per heavy atom. The Kier molecular flexibility index (Phi) is 5.61. The third-order valence-electron chi connectivity index (χ3n) is 2.85. The van der Waals surface area contributed by atoms with Crippen molar-refractivity contribution in [1.29, 1.82) is 0 Å². The normalized spacial score (nSPS) is 10.8. The van der Waals surface area contributed by atoms with Crippen molar-refractivity contribution < 1.29 is 14.7 Å². The number of carboxylic acid groups (broad SMARTS) is 1. The highest BCUT2D eigenvalue weighted by molar-refractivity contribution is 6.46. The third kappa shape index (κ3) is 3.76. The number of nitrogens with one attached hydrogen (secondary N) is 1. The van der Waals surface area contributed by atoms with Crippen molar-refractivity contribution >= 4 is 58.6 Å². The maximum absolute atomic E-state index is 12.0. The van der Waals surface area contributed by atoms with Gasteiger partial charge in [0.1, 0.15) is 5.02 Å². The molecule has 0 radical (unpaired) electrons. The van der Waals surface area contributed by atoms with E-state index in [2.05, 4.69) is 15.5 Å². The van der Waals surface area contributed by atoms with Crippen LogP contribution in [0.2, 0.25) is 15.2 Å². The summed E-state index contributed by atoms with van der Waals surface area (Å²) in [6.07, 6.45) is 1.18. The molecule has 124 valence electrons. The minimum atomic E-state index is -1.12. The van der Waals surface area contributed by atoms with Gasteiger partial charge in [-0.15, -0.1) is 0 Å². The van der Waals surface area contributed by atoms with E-state index in [0.717, 1.165) is 0 Å². The monoisotopic (exact) mass is 386 g/mol. The molecule has 0 aliphatic rings. The third-order valence-corrected chi connectivity index (χ3v) is 3.98. The summed E-state index contributed by atoms with van der Waals surface area (Å²) in [5, 5.41) is 12.3. The van der Waals surface area contributed by atoms with Crippen molar-refractivity contribution in [2.24, 2.45) is 5.10 Å². The molecule has 0 aliphatic carbocycles. The van der Waals surface area contributed by atoms with E-state index in [0.29, 0.717) is 5.56 Å². The number of halogens is 3. The number of amides is 1. The van der Waals surface area contributed by atoms with E-state index in [1.807, 2.05) is 0 Å². The van der Waals surface area contributed by atoms with Crippen molar-refractivity contribution in [2.45, 2.75) is 0 Å². The number of carbonyl (C=O) groups excluding carboxylic acids is 1. The summed E-state index contributed by atoms with van der Waals surface area (Å²) in [5.74, 6) is -1.90. The van der Waals surface area contributed by atoms with Gasteiger partial charge in [-0.2, -0.15) is 5.10 Å². The van der Waals surface area contributed by atoms with E-state index < -0.39 is 11.9 Å². The number of aromatic nitrogens is 1. The summed E-state index contributed by atoms with van der Waals surface area (Å²) in [6, 6.07) is 6.14. The van der Waals surface area contributed by atoms with Crippen LogP contribution in [0.1, 0.15) is 26.4 Å². The number of carbonyl (C=O) groups is 2. The lowest BCUT2D eigenvalue weighted by molar-refractivity contribution is 0.0696. The van der Waals surface area contributed by atoms with Gasteiger partial charge in [-0.3, -0.25) is 4.79 Å². The summed E-state index contributed by atoms with van der Waals surface area (Å²) in [4.78, 5) is 26.9. The number of nitrogen functional groups attached to an aromatic ring is 1. The molecule has 1 amide bonds. The number of aromatic carboxylic acids is 1. The molecule has 4 N–H and O–H groups in total. The fraction of sp³-hybridized carbons (Fsp3) is 0. The minimum absolute atomic E-state index is 0.0328. The summed E-state index contributed by atoms with van der Waals surface area (Å²) in [7, 11) is 0. The van der Waals surface area contributed by atoms with Crippen LogP contribution in [-0.2, 0) is 0 Å². The Morgan fingerprint density at radius 3 is 2.54 bits per heavy atom. The fourth-order valence-electron chi connectivity index (χ4n) is 1.70. The lowest BCUT2D eigenvalue weighted by Gasteiger charge is -2.07. The number of rotatable bonds is 4. The number of carboxylic acids is 1. The zero-order valence-electron chi connectivity index (χ0n) is 11.8. The molecule has 1 aromatic carbocycles. The molecule has 2 rings (SSSR count). The van der Waals surface area contributed by atoms with Gasteiger partial charge in [0.15, 0.2) is 10.8 Å². The average Bonchev–Trinajstić information content (AvgIpc) is 2.56. The van der Waals surface area contributed by atoms with E-state index in [1.54, 1.807) is 12.1 Å². The number of pyridine rings is 1. The molecular formula is C14H9Cl3N4O3. The van der Waals surface area contributed by atoms with Crippen molar-refractivity contribution in [2.75, 3.05) is 5.73 Å². The lowest BCUT2D eigenvalue weighted by Crippen LogP contribution is -2.20. The van der Waals surface area contributed by atoms with Crippen LogP contribution in [0.4, 0.5) is 5.69 Å². The molecule has 0 saturated carbocycles. The van der Waals surface area contributed by atoms with Gasteiger partial charge in [-0.1, -0.05) is 53.0 Å². The van der Waals surface area contributed by atoms with Crippen LogP contribution in [0.15, 0.2) is 29.4 Å². The van der Waals surface area contributed by atoms with Gasteiger partial charge in [0.05, 0.1) is 22.5 Å². The van der Waals surface area contributed by atoms with Crippen LogP contribution < -0.4 is 11.2 Å². The zero-order valence-corrected chi connectivity index (χ0v) is 14.0. The summed E-state index contributed by atoms with van der Waals surface area (Å²) >= 11 is 17.4. The second kappa shape index (κ2) is 7.48.